The van der Waals surface area contributed by atoms with E-state index in [1.165, 1.54) is 5.56 Å². The lowest BCUT2D eigenvalue weighted by molar-refractivity contribution is 1.12. The largest absolute Gasteiger partial charge is 0.357 e. The van der Waals surface area contributed by atoms with Crippen LogP contribution in [0.4, 0.5) is 17.5 Å². The van der Waals surface area contributed by atoms with Gasteiger partial charge >= 0.3 is 0 Å². The minimum absolute atomic E-state index is 0.604. The molecule has 4 nitrogen and oxygen atoms in total. The van der Waals surface area contributed by atoms with Gasteiger partial charge in [-0.15, -0.1) is 0 Å². The fourth-order valence-electron chi connectivity index (χ4n) is 1.56. The van der Waals surface area contributed by atoms with E-state index in [1.807, 2.05) is 19.1 Å². The standard InChI is InChI=1S/C13H15BrN4/c1-8-5-4-6-10(11(8)14)17-12-9(2)7-16-13(15-3)18-12/h4-7H,1-3H3,(H2,15,16,17,18). The van der Waals surface area contributed by atoms with Crippen LogP contribution in [0.1, 0.15) is 11.1 Å². The maximum atomic E-state index is 4.40. The lowest BCUT2D eigenvalue weighted by Gasteiger charge is -2.12. The lowest BCUT2D eigenvalue weighted by atomic mass is 10.2. The van der Waals surface area contributed by atoms with Crippen molar-refractivity contribution in [1.82, 2.24) is 9.97 Å². The molecular formula is C13H15BrN4. The summed E-state index contributed by atoms with van der Waals surface area (Å²) in [6.45, 7) is 4.03. The van der Waals surface area contributed by atoms with Crippen LogP contribution in [0.25, 0.3) is 0 Å². The quantitative estimate of drug-likeness (QED) is 0.909. The highest BCUT2D eigenvalue weighted by atomic mass is 79.9. The first-order valence-corrected chi connectivity index (χ1v) is 6.44. The van der Waals surface area contributed by atoms with E-state index in [2.05, 4.69) is 49.5 Å². The number of halogens is 1. The molecule has 0 bridgehead atoms. The molecule has 0 aliphatic rings. The van der Waals surface area contributed by atoms with Gasteiger partial charge < -0.3 is 10.6 Å². The van der Waals surface area contributed by atoms with E-state index in [0.29, 0.717) is 5.95 Å². The first-order valence-electron chi connectivity index (χ1n) is 5.65. The Hall–Kier alpha value is -1.62. The zero-order valence-corrected chi connectivity index (χ0v) is 12.2. The molecule has 0 amide bonds. The summed E-state index contributed by atoms with van der Waals surface area (Å²) in [4.78, 5) is 8.57. The highest BCUT2D eigenvalue weighted by Crippen LogP contribution is 2.29. The molecular weight excluding hydrogens is 292 g/mol. The van der Waals surface area contributed by atoms with Crippen molar-refractivity contribution >= 4 is 33.4 Å². The molecule has 0 saturated heterocycles. The van der Waals surface area contributed by atoms with Gasteiger partial charge in [0.25, 0.3) is 0 Å². The molecule has 5 heteroatoms. The summed E-state index contributed by atoms with van der Waals surface area (Å²) in [5.41, 5.74) is 3.18. The maximum Gasteiger partial charge on any atom is 0.224 e. The minimum Gasteiger partial charge on any atom is -0.357 e. The Labute approximate surface area is 115 Å². The molecule has 18 heavy (non-hydrogen) atoms. The van der Waals surface area contributed by atoms with Gasteiger partial charge in [-0.1, -0.05) is 12.1 Å². The van der Waals surface area contributed by atoms with E-state index in [4.69, 9.17) is 0 Å². The topological polar surface area (TPSA) is 49.8 Å². The zero-order chi connectivity index (χ0) is 13.1. The summed E-state index contributed by atoms with van der Waals surface area (Å²) in [6.07, 6.45) is 1.80. The van der Waals surface area contributed by atoms with Crippen LogP contribution in [0.2, 0.25) is 0 Å². The summed E-state index contributed by atoms with van der Waals surface area (Å²) in [7, 11) is 1.80. The van der Waals surface area contributed by atoms with Crippen LogP contribution in [0.15, 0.2) is 28.9 Å². The van der Waals surface area contributed by atoms with Gasteiger partial charge in [-0.2, -0.15) is 4.98 Å². The molecule has 0 spiro atoms. The Balaban J connectivity index is 2.36. The molecule has 1 aromatic heterocycles. The van der Waals surface area contributed by atoms with Crippen LogP contribution in [0.3, 0.4) is 0 Å². The van der Waals surface area contributed by atoms with Crippen molar-refractivity contribution in [3.05, 3.63) is 40.0 Å². The second-order valence-electron chi connectivity index (χ2n) is 4.04. The highest BCUT2D eigenvalue weighted by molar-refractivity contribution is 9.10. The smallest absolute Gasteiger partial charge is 0.224 e. The number of nitrogens with zero attached hydrogens (tertiary/aromatic N) is 2. The van der Waals surface area contributed by atoms with Crippen molar-refractivity contribution in [1.29, 1.82) is 0 Å². The monoisotopic (exact) mass is 306 g/mol. The average Bonchev–Trinajstić information content (AvgIpc) is 2.37. The number of aromatic nitrogens is 2. The molecule has 2 rings (SSSR count). The molecule has 0 aliphatic carbocycles. The van der Waals surface area contributed by atoms with Crippen molar-refractivity contribution in [2.75, 3.05) is 17.7 Å². The number of hydrogen-bond donors (Lipinski definition) is 2. The van der Waals surface area contributed by atoms with Crippen LogP contribution < -0.4 is 10.6 Å². The number of benzene rings is 1. The molecule has 1 heterocycles. The minimum atomic E-state index is 0.604. The summed E-state index contributed by atoms with van der Waals surface area (Å²) in [5.74, 6) is 1.41. The third-order valence-corrected chi connectivity index (χ3v) is 3.69. The SMILES string of the molecule is CNc1ncc(C)c(Nc2cccc(C)c2Br)n1. The molecule has 2 aromatic rings. The average molecular weight is 307 g/mol. The fourth-order valence-corrected chi connectivity index (χ4v) is 1.92. The second kappa shape index (κ2) is 5.35. The van der Waals surface area contributed by atoms with Gasteiger partial charge in [-0.05, 0) is 41.4 Å². The summed E-state index contributed by atoms with van der Waals surface area (Å²) in [5, 5.41) is 6.25. The van der Waals surface area contributed by atoms with E-state index in [9.17, 15) is 0 Å². The van der Waals surface area contributed by atoms with E-state index < -0.39 is 0 Å². The number of hydrogen-bond acceptors (Lipinski definition) is 4. The third kappa shape index (κ3) is 2.61. The van der Waals surface area contributed by atoms with Crippen molar-refractivity contribution in [2.24, 2.45) is 0 Å². The van der Waals surface area contributed by atoms with E-state index in [-0.39, 0.29) is 0 Å². The van der Waals surface area contributed by atoms with Gasteiger partial charge in [0.05, 0.1) is 5.69 Å². The fraction of sp³-hybridized carbons (Fsp3) is 0.231. The predicted molar refractivity (Wildman–Crippen MR) is 78.5 cm³/mol. The van der Waals surface area contributed by atoms with Crippen molar-refractivity contribution in [2.45, 2.75) is 13.8 Å². The van der Waals surface area contributed by atoms with Crippen LogP contribution in [0, 0.1) is 13.8 Å². The first-order chi connectivity index (χ1) is 8.61. The van der Waals surface area contributed by atoms with Gasteiger partial charge in [-0.3, -0.25) is 0 Å². The zero-order valence-electron chi connectivity index (χ0n) is 10.6. The Kier molecular flexibility index (Phi) is 3.81. The third-order valence-electron chi connectivity index (χ3n) is 2.64. The molecule has 0 radical (unpaired) electrons. The van der Waals surface area contributed by atoms with Gasteiger partial charge in [-0.25, -0.2) is 4.98 Å². The maximum absolute atomic E-state index is 4.40. The molecule has 2 N–H and O–H groups in total. The Morgan fingerprint density at radius 1 is 1.17 bits per heavy atom. The van der Waals surface area contributed by atoms with Crippen LogP contribution >= 0.6 is 15.9 Å². The summed E-state index contributed by atoms with van der Waals surface area (Å²) < 4.78 is 1.05. The van der Waals surface area contributed by atoms with Crippen molar-refractivity contribution in [3.63, 3.8) is 0 Å². The molecule has 1 aromatic carbocycles. The number of aryl methyl sites for hydroxylation is 2. The van der Waals surface area contributed by atoms with E-state index in [1.54, 1.807) is 13.2 Å². The lowest BCUT2D eigenvalue weighted by Crippen LogP contribution is -2.03. The molecule has 0 unspecified atom stereocenters. The molecule has 0 atom stereocenters. The van der Waals surface area contributed by atoms with E-state index >= 15 is 0 Å². The first kappa shape index (κ1) is 12.8. The molecule has 0 aliphatic heterocycles. The van der Waals surface area contributed by atoms with Gasteiger partial charge in [0.1, 0.15) is 5.82 Å². The number of nitrogens with one attached hydrogen (secondary N) is 2. The summed E-state index contributed by atoms with van der Waals surface area (Å²) >= 11 is 3.58. The van der Waals surface area contributed by atoms with E-state index in [0.717, 1.165) is 21.5 Å². The number of anilines is 3. The second-order valence-corrected chi connectivity index (χ2v) is 4.83. The van der Waals surface area contributed by atoms with Crippen molar-refractivity contribution < 1.29 is 0 Å². The van der Waals surface area contributed by atoms with Gasteiger partial charge in [0.2, 0.25) is 5.95 Å². The Morgan fingerprint density at radius 2 is 1.94 bits per heavy atom. The van der Waals surface area contributed by atoms with Crippen LogP contribution in [-0.4, -0.2) is 17.0 Å². The predicted octanol–water partition coefficient (Wildman–Crippen LogP) is 3.64. The van der Waals surface area contributed by atoms with Gasteiger partial charge in [0.15, 0.2) is 0 Å². The normalized spacial score (nSPS) is 10.2. The Bertz CT molecular complexity index is 569. The molecule has 0 saturated carbocycles. The number of rotatable bonds is 3. The summed E-state index contributed by atoms with van der Waals surface area (Å²) in [6, 6.07) is 6.08. The molecule has 0 fully saturated rings. The van der Waals surface area contributed by atoms with Crippen LogP contribution in [-0.2, 0) is 0 Å². The highest BCUT2D eigenvalue weighted by Gasteiger charge is 2.07. The molecule has 94 valence electrons. The Morgan fingerprint density at radius 3 is 2.67 bits per heavy atom. The van der Waals surface area contributed by atoms with Gasteiger partial charge in [0, 0.05) is 23.3 Å². The van der Waals surface area contributed by atoms with Crippen molar-refractivity contribution in [3.8, 4) is 0 Å². The van der Waals surface area contributed by atoms with Crippen LogP contribution in [0.5, 0.6) is 0 Å².